The van der Waals surface area contributed by atoms with E-state index in [2.05, 4.69) is 11.8 Å². The van der Waals surface area contributed by atoms with E-state index < -0.39 is 5.97 Å². The van der Waals surface area contributed by atoms with Crippen LogP contribution in [-0.4, -0.2) is 35.1 Å². The minimum Gasteiger partial charge on any atom is -0.481 e. The molecule has 0 aliphatic carbocycles. The summed E-state index contributed by atoms with van der Waals surface area (Å²) in [5.41, 5.74) is 0. The van der Waals surface area contributed by atoms with E-state index in [1.54, 1.807) is 0 Å². The lowest BCUT2D eigenvalue weighted by molar-refractivity contribution is -0.142. The molecule has 0 aromatic carbocycles. The van der Waals surface area contributed by atoms with Crippen molar-refractivity contribution in [1.82, 2.24) is 4.90 Å². The van der Waals surface area contributed by atoms with Crippen molar-refractivity contribution in [2.45, 2.75) is 58.4 Å². The van der Waals surface area contributed by atoms with Gasteiger partial charge in [-0.2, -0.15) is 0 Å². The first-order valence-corrected chi connectivity index (χ1v) is 6.65. The van der Waals surface area contributed by atoms with Crippen LogP contribution in [0.3, 0.4) is 0 Å². The molecule has 0 spiro atoms. The van der Waals surface area contributed by atoms with Gasteiger partial charge in [0.1, 0.15) is 0 Å². The molecule has 0 radical (unpaired) electrons. The Morgan fingerprint density at radius 1 is 1.44 bits per heavy atom. The molecule has 2 atom stereocenters. The Balaban J connectivity index is 2.50. The Morgan fingerprint density at radius 3 is 2.75 bits per heavy atom. The number of nitrogens with zero attached hydrogens (tertiary/aromatic N) is 1. The van der Waals surface area contributed by atoms with Gasteiger partial charge in [0.25, 0.3) is 0 Å². The fraction of sp³-hybridized carbons (Fsp3) is 0.923. The summed E-state index contributed by atoms with van der Waals surface area (Å²) in [7, 11) is 0. The van der Waals surface area contributed by atoms with Crippen LogP contribution >= 0.6 is 0 Å². The minimum atomic E-state index is -0.621. The van der Waals surface area contributed by atoms with Gasteiger partial charge >= 0.3 is 5.97 Å². The van der Waals surface area contributed by atoms with E-state index in [9.17, 15) is 4.79 Å². The van der Waals surface area contributed by atoms with Crippen LogP contribution in [0, 0.1) is 5.92 Å². The molecule has 0 aromatic rings. The summed E-state index contributed by atoms with van der Waals surface area (Å²) >= 11 is 0. The van der Waals surface area contributed by atoms with Crippen molar-refractivity contribution >= 4 is 5.97 Å². The summed E-state index contributed by atoms with van der Waals surface area (Å²) in [5, 5.41) is 9.10. The normalized spacial score (nSPS) is 24.2. The Hall–Kier alpha value is -0.570. The second kappa shape index (κ2) is 6.89. The molecule has 1 fully saturated rings. The molecule has 1 aliphatic heterocycles. The molecule has 3 nitrogen and oxygen atoms in total. The van der Waals surface area contributed by atoms with Crippen LogP contribution in [-0.2, 0) is 4.79 Å². The number of carboxylic acid groups (broad SMARTS) is 1. The Bertz CT molecular complexity index is 216. The molecule has 94 valence electrons. The van der Waals surface area contributed by atoms with Gasteiger partial charge in [-0.25, -0.2) is 0 Å². The third kappa shape index (κ3) is 3.78. The predicted octanol–water partition coefficient (Wildman–Crippen LogP) is 2.75. The lowest BCUT2D eigenvalue weighted by Crippen LogP contribution is -2.41. The number of piperidine rings is 1. The monoisotopic (exact) mass is 227 g/mol. The summed E-state index contributed by atoms with van der Waals surface area (Å²) in [6.45, 7) is 6.46. The average molecular weight is 227 g/mol. The van der Waals surface area contributed by atoms with Crippen molar-refractivity contribution in [1.29, 1.82) is 0 Å². The summed E-state index contributed by atoms with van der Waals surface area (Å²) in [4.78, 5) is 13.5. The number of hydrogen-bond donors (Lipinski definition) is 1. The van der Waals surface area contributed by atoms with Crippen molar-refractivity contribution in [2.24, 2.45) is 5.92 Å². The number of carbonyl (C=O) groups is 1. The van der Waals surface area contributed by atoms with Crippen molar-refractivity contribution in [3.8, 4) is 0 Å². The molecule has 16 heavy (non-hydrogen) atoms. The lowest BCUT2D eigenvalue weighted by atomic mass is 9.91. The maximum absolute atomic E-state index is 11.1. The third-order valence-electron chi connectivity index (χ3n) is 3.66. The predicted molar refractivity (Wildman–Crippen MR) is 65.5 cm³/mol. The lowest BCUT2D eigenvalue weighted by Gasteiger charge is -2.36. The molecule has 1 rings (SSSR count). The van der Waals surface area contributed by atoms with Gasteiger partial charge in [0.15, 0.2) is 0 Å². The minimum absolute atomic E-state index is 0.151. The van der Waals surface area contributed by atoms with Crippen LogP contribution < -0.4 is 0 Å². The fourth-order valence-electron chi connectivity index (χ4n) is 2.68. The van der Waals surface area contributed by atoms with Crippen molar-refractivity contribution < 1.29 is 9.90 Å². The van der Waals surface area contributed by atoms with Gasteiger partial charge in [-0.3, -0.25) is 4.79 Å². The Labute approximate surface area is 98.8 Å². The molecule has 1 saturated heterocycles. The van der Waals surface area contributed by atoms with Crippen LogP contribution in [0.4, 0.5) is 0 Å². The largest absolute Gasteiger partial charge is 0.481 e. The van der Waals surface area contributed by atoms with E-state index in [-0.39, 0.29) is 5.92 Å². The number of aliphatic carboxylic acids is 1. The quantitative estimate of drug-likeness (QED) is 0.758. The second-order valence-electron chi connectivity index (χ2n) is 4.86. The molecule has 1 N–H and O–H groups in total. The van der Waals surface area contributed by atoms with Gasteiger partial charge in [0.05, 0.1) is 5.92 Å². The van der Waals surface area contributed by atoms with Gasteiger partial charge in [-0.15, -0.1) is 0 Å². The fourth-order valence-corrected chi connectivity index (χ4v) is 2.68. The molecule has 0 amide bonds. The maximum Gasteiger partial charge on any atom is 0.306 e. The van der Waals surface area contributed by atoms with E-state index in [4.69, 9.17) is 5.11 Å². The smallest absolute Gasteiger partial charge is 0.306 e. The molecule has 0 saturated carbocycles. The topological polar surface area (TPSA) is 40.5 Å². The van der Waals surface area contributed by atoms with Crippen LogP contribution in [0.25, 0.3) is 0 Å². The zero-order valence-electron chi connectivity index (χ0n) is 10.6. The summed E-state index contributed by atoms with van der Waals surface area (Å²) < 4.78 is 0. The number of rotatable bonds is 6. The molecule has 2 unspecified atom stereocenters. The van der Waals surface area contributed by atoms with E-state index in [1.807, 2.05) is 6.92 Å². The van der Waals surface area contributed by atoms with Crippen LogP contribution in [0.5, 0.6) is 0 Å². The van der Waals surface area contributed by atoms with E-state index in [0.29, 0.717) is 6.04 Å². The Kier molecular flexibility index (Phi) is 5.81. The van der Waals surface area contributed by atoms with Crippen LogP contribution in [0.1, 0.15) is 52.4 Å². The molecule has 1 heterocycles. The van der Waals surface area contributed by atoms with Gasteiger partial charge < -0.3 is 10.0 Å². The van der Waals surface area contributed by atoms with Crippen molar-refractivity contribution in [3.63, 3.8) is 0 Å². The summed E-state index contributed by atoms with van der Waals surface area (Å²) in [6.07, 6.45) is 6.49. The van der Waals surface area contributed by atoms with Crippen LogP contribution in [0.2, 0.25) is 0 Å². The van der Waals surface area contributed by atoms with Crippen LogP contribution in [0.15, 0.2) is 0 Å². The zero-order chi connectivity index (χ0) is 12.0. The number of hydrogen-bond acceptors (Lipinski definition) is 2. The number of carboxylic acids is 1. The zero-order valence-corrected chi connectivity index (χ0v) is 10.6. The van der Waals surface area contributed by atoms with Gasteiger partial charge in [0.2, 0.25) is 0 Å². The second-order valence-corrected chi connectivity index (χ2v) is 4.86. The molecule has 0 bridgehead atoms. The maximum atomic E-state index is 11.1. The van der Waals surface area contributed by atoms with E-state index in [0.717, 1.165) is 25.9 Å². The third-order valence-corrected chi connectivity index (χ3v) is 3.66. The molecular weight excluding hydrogens is 202 g/mol. The first-order chi connectivity index (χ1) is 7.69. The SMILES string of the molecule is CCCN1CCCCC1CC(CC)C(=O)O. The van der Waals surface area contributed by atoms with Gasteiger partial charge in [-0.05, 0) is 45.2 Å². The highest BCUT2D eigenvalue weighted by Crippen LogP contribution is 2.24. The Morgan fingerprint density at radius 2 is 2.19 bits per heavy atom. The molecule has 3 heteroatoms. The van der Waals surface area contributed by atoms with Crippen molar-refractivity contribution in [3.05, 3.63) is 0 Å². The first-order valence-electron chi connectivity index (χ1n) is 6.65. The highest BCUT2D eigenvalue weighted by Gasteiger charge is 2.26. The molecule has 1 aliphatic rings. The van der Waals surface area contributed by atoms with E-state index in [1.165, 1.54) is 25.7 Å². The summed E-state index contributed by atoms with van der Waals surface area (Å²) in [6, 6.07) is 0.509. The first kappa shape index (κ1) is 13.5. The van der Waals surface area contributed by atoms with E-state index >= 15 is 0 Å². The molecule has 0 aromatic heterocycles. The summed E-state index contributed by atoms with van der Waals surface area (Å²) in [5.74, 6) is -0.771. The highest BCUT2D eigenvalue weighted by atomic mass is 16.4. The average Bonchev–Trinajstić information content (AvgIpc) is 2.27. The highest BCUT2D eigenvalue weighted by molar-refractivity contribution is 5.69. The molecular formula is C13H25NO2. The van der Waals surface area contributed by atoms with Gasteiger partial charge in [0, 0.05) is 6.04 Å². The standard InChI is InChI=1S/C13H25NO2/c1-3-8-14-9-6-5-7-12(14)10-11(4-2)13(15)16/h11-12H,3-10H2,1-2H3,(H,15,16). The number of likely N-dealkylation sites (tertiary alicyclic amines) is 1. The van der Waals surface area contributed by atoms with Gasteiger partial charge in [-0.1, -0.05) is 20.3 Å². The van der Waals surface area contributed by atoms with Crippen molar-refractivity contribution in [2.75, 3.05) is 13.1 Å².